The van der Waals surface area contributed by atoms with Gasteiger partial charge in [0.05, 0.1) is 11.4 Å². The van der Waals surface area contributed by atoms with E-state index >= 15 is 0 Å². The predicted octanol–water partition coefficient (Wildman–Crippen LogP) is 1.59. The molecular formula is C13H16N4O. The molecule has 2 N–H and O–H groups in total. The maximum atomic E-state index is 12.3. The first-order valence-corrected chi connectivity index (χ1v) is 5.64. The van der Waals surface area contributed by atoms with Gasteiger partial charge in [-0.1, -0.05) is 12.1 Å². The molecule has 0 aliphatic carbocycles. The Labute approximate surface area is 106 Å². The molecule has 5 nitrogen and oxygen atoms in total. The van der Waals surface area contributed by atoms with Crippen molar-refractivity contribution in [1.82, 2.24) is 9.78 Å². The number of nitrogen functional groups attached to an aromatic ring is 1. The molecule has 0 unspecified atom stereocenters. The zero-order valence-electron chi connectivity index (χ0n) is 10.7. The first-order valence-electron chi connectivity index (χ1n) is 5.64. The highest BCUT2D eigenvalue weighted by molar-refractivity contribution is 6.06. The Balaban J connectivity index is 2.32. The summed E-state index contributed by atoms with van der Waals surface area (Å²) < 4.78 is 1.68. The number of aryl methyl sites for hydroxylation is 2. The number of anilines is 2. The Kier molecular flexibility index (Phi) is 3.06. The fourth-order valence-corrected chi connectivity index (χ4v) is 1.74. The van der Waals surface area contributed by atoms with Gasteiger partial charge in [-0.15, -0.1) is 0 Å². The second-order valence-corrected chi connectivity index (χ2v) is 4.22. The van der Waals surface area contributed by atoms with Crippen LogP contribution in [0.15, 0.2) is 30.3 Å². The molecule has 0 saturated carbocycles. The van der Waals surface area contributed by atoms with Crippen LogP contribution in [-0.4, -0.2) is 22.7 Å². The van der Waals surface area contributed by atoms with Crippen molar-refractivity contribution in [3.05, 3.63) is 41.7 Å². The molecule has 0 spiro atoms. The third-order valence-electron chi connectivity index (χ3n) is 2.94. The van der Waals surface area contributed by atoms with E-state index < -0.39 is 0 Å². The average molecular weight is 244 g/mol. The predicted molar refractivity (Wildman–Crippen MR) is 71.5 cm³/mol. The van der Waals surface area contributed by atoms with Crippen molar-refractivity contribution in [2.75, 3.05) is 17.7 Å². The van der Waals surface area contributed by atoms with E-state index in [1.54, 1.807) is 23.9 Å². The van der Waals surface area contributed by atoms with Crippen molar-refractivity contribution < 1.29 is 4.79 Å². The summed E-state index contributed by atoms with van der Waals surface area (Å²) in [4.78, 5) is 13.8. The lowest BCUT2D eigenvalue weighted by Crippen LogP contribution is -2.27. The number of carbonyl (C=O) groups excluding carboxylic acids is 1. The van der Waals surface area contributed by atoms with E-state index in [4.69, 9.17) is 5.73 Å². The Morgan fingerprint density at radius 1 is 1.39 bits per heavy atom. The lowest BCUT2D eigenvalue weighted by Gasteiger charge is -2.17. The monoisotopic (exact) mass is 244 g/mol. The third kappa shape index (κ3) is 2.07. The van der Waals surface area contributed by atoms with Gasteiger partial charge < -0.3 is 10.6 Å². The second kappa shape index (κ2) is 4.52. The smallest absolute Gasteiger partial charge is 0.278 e. The summed E-state index contributed by atoms with van der Waals surface area (Å²) >= 11 is 0. The molecule has 2 rings (SSSR count). The molecule has 1 amide bonds. The van der Waals surface area contributed by atoms with E-state index in [0.717, 1.165) is 5.69 Å². The van der Waals surface area contributed by atoms with E-state index in [2.05, 4.69) is 5.10 Å². The van der Waals surface area contributed by atoms with Crippen LogP contribution in [0.3, 0.4) is 0 Å². The fourth-order valence-electron chi connectivity index (χ4n) is 1.74. The zero-order chi connectivity index (χ0) is 13.3. The van der Waals surface area contributed by atoms with Gasteiger partial charge in [0.15, 0.2) is 5.69 Å². The van der Waals surface area contributed by atoms with Crippen LogP contribution in [0.2, 0.25) is 0 Å². The minimum Gasteiger partial charge on any atom is -0.397 e. The lowest BCUT2D eigenvalue weighted by atomic mass is 10.2. The summed E-state index contributed by atoms with van der Waals surface area (Å²) in [5.74, 6) is -0.170. The molecule has 0 atom stereocenters. The number of nitrogens with zero attached hydrogens (tertiary/aromatic N) is 3. The standard InChI is InChI=1S/C13H16N4O/c1-9-8-11(15-17(9)3)13(18)16(2)12-7-5-4-6-10(12)14/h4-8H,14H2,1-3H3. The summed E-state index contributed by atoms with van der Waals surface area (Å²) in [5, 5.41) is 4.17. The zero-order valence-corrected chi connectivity index (χ0v) is 10.7. The quantitative estimate of drug-likeness (QED) is 0.816. The lowest BCUT2D eigenvalue weighted by molar-refractivity contribution is 0.0987. The fraction of sp³-hybridized carbons (Fsp3) is 0.231. The Morgan fingerprint density at radius 3 is 2.61 bits per heavy atom. The third-order valence-corrected chi connectivity index (χ3v) is 2.94. The second-order valence-electron chi connectivity index (χ2n) is 4.22. The maximum Gasteiger partial charge on any atom is 0.278 e. The number of rotatable bonds is 2. The van der Waals surface area contributed by atoms with E-state index in [1.165, 1.54) is 4.90 Å². The number of hydrogen-bond acceptors (Lipinski definition) is 3. The van der Waals surface area contributed by atoms with Crippen molar-refractivity contribution in [1.29, 1.82) is 0 Å². The average Bonchev–Trinajstić information content (AvgIpc) is 2.68. The van der Waals surface area contributed by atoms with Crippen molar-refractivity contribution in [3.63, 3.8) is 0 Å². The molecule has 0 saturated heterocycles. The number of nitrogens with two attached hydrogens (primary N) is 1. The summed E-state index contributed by atoms with van der Waals surface area (Å²) in [6.45, 7) is 1.90. The number of para-hydroxylation sites is 2. The van der Waals surface area contributed by atoms with E-state index in [9.17, 15) is 4.79 Å². The van der Waals surface area contributed by atoms with Gasteiger partial charge >= 0.3 is 0 Å². The minimum absolute atomic E-state index is 0.170. The molecule has 0 aliphatic heterocycles. The molecule has 0 bridgehead atoms. The molecule has 1 aromatic carbocycles. The van der Waals surface area contributed by atoms with Crippen molar-refractivity contribution in [2.45, 2.75) is 6.92 Å². The Morgan fingerprint density at radius 2 is 2.06 bits per heavy atom. The van der Waals surface area contributed by atoms with Crippen molar-refractivity contribution in [2.24, 2.45) is 7.05 Å². The number of amides is 1. The number of aromatic nitrogens is 2. The van der Waals surface area contributed by atoms with E-state index in [-0.39, 0.29) is 5.91 Å². The molecule has 1 aromatic heterocycles. The van der Waals surface area contributed by atoms with Gasteiger partial charge in [0, 0.05) is 19.8 Å². The number of benzene rings is 1. The van der Waals surface area contributed by atoms with Gasteiger partial charge in [-0.3, -0.25) is 9.48 Å². The summed E-state index contributed by atoms with van der Waals surface area (Å²) in [5.41, 5.74) is 8.46. The summed E-state index contributed by atoms with van der Waals surface area (Å²) in [6.07, 6.45) is 0. The van der Waals surface area contributed by atoms with Gasteiger partial charge in [-0.05, 0) is 25.1 Å². The largest absolute Gasteiger partial charge is 0.397 e. The van der Waals surface area contributed by atoms with Crippen LogP contribution < -0.4 is 10.6 Å². The molecule has 18 heavy (non-hydrogen) atoms. The van der Waals surface area contributed by atoms with E-state index in [0.29, 0.717) is 17.1 Å². The first kappa shape index (κ1) is 12.2. The first-order chi connectivity index (χ1) is 8.50. The van der Waals surface area contributed by atoms with Crippen LogP contribution in [0.5, 0.6) is 0 Å². The van der Waals surface area contributed by atoms with Crippen molar-refractivity contribution >= 4 is 17.3 Å². The molecular weight excluding hydrogens is 228 g/mol. The van der Waals surface area contributed by atoms with Gasteiger partial charge in [-0.2, -0.15) is 5.10 Å². The van der Waals surface area contributed by atoms with Crippen LogP contribution in [0, 0.1) is 6.92 Å². The van der Waals surface area contributed by atoms with E-state index in [1.807, 2.05) is 32.2 Å². The Bertz CT molecular complexity index is 569. The maximum absolute atomic E-state index is 12.3. The number of carbonyl (C=O) groups is 1. The highest BCUT2D eigenvalue weighted by Crippen LogP contribution is 2.22. The van der Waals surface area contributed by atoms with Gasteiger partial charge in [-0.25, -0.2) is 0 Å². The van der Waals surface area contributed by atoms with Crippen LogP contribution in [0.25, 0.3) is 0 Å². The highest BCUT2D eigenvalue weighted by atomic mass is 16.2. The molecule has 0 radical (unpaired) electrons. The van der Waals surface area contributed by atoms with Crippen LogP contribution in [0.1, 0.15) is 16.2 Å². The Hall–Kier alpha value is -2.30. The topological polar surface area (TPSA) is 64.2 Å². The summed E-state index contributed by atoms with van der Waals surface area (Å²) in [7, 11) is 3.50. The summed E-state index contributed by atoms with van der Waals surface area (Å²) in [6, 6.07) is 9.02. The van der Waals surface area contributed by atoms with Crippen molar-refractivity contribution in [3.8, 4) is 0 Å². The number of hydrogen-bond donors (Lipinski definition) is 1. The normalized spacial score (nSPS) is 10.4. The molecule has 0 fully saturated rings. The van der Waals surface area contributed by atoms with Crippen LogP contribution in [0.4, 0.5) is 11.4 Å². The van der Waals surface area contributed by atoms with Crippen LogP contribution in [-0.2, 0) is 7.05 Å². The highest BCUT2D eigenvalue weighted by Gasteiger charge is 2.18. The SMILES string of the molecule is Cc1cc(C(=O)N(C)c2ccccc2N)nn1C. The molecule has 5 heteroatoms. The van der Waals surface area contributed by atoms with Gasteiger partial charge in [0.25, 0.3) is 5.91 Å². The molecule has 0 aliphatic rings. The van der Waals surface area contributed by atoms with Gasteiger partial charge in [0.2, 0.25) is 0 Å². The molecule has 94 valence electrons. The van der Waals surface area contributed by atoms with Gasteiger partial charge in [0.1, 0.15) is 0 Å². The molecule has 2 aromatic rings. The molecule has 1 heterocycles. The van der Waals surface area contributed by atoms with Crippen LogP contribution >= 0.6 is 0 Å². The minimum atomic E-state index is -0.170.